The number of benzene rings is 1. The van der Waals surface area contributed by atoms with Crippen LogP contribution in [-0.4, -0.2) is 79.0 Å². The molecule has 228 valence electrons. The minimum absolute atomic E-state index is 0. The lowest BCUT2D eigenvalue weighted by Crippen LogP contribution is -2.46. The largest absolute Gasteiger partial charge is 0.381 e. The molecule has 1 unspecified atom stereocenters. The van der Waals surface area contributed by atoms with Crippen LogP contribution in [0.15, 0.2) is 59.8 Å². The number of unbranched alkanes of at least 4 members (excludes halogenated alkanes) is 1. The van der Waals surface area contributed by atoms with Crippen molar-refractivity contribution >= 4 is 28.3 Å². The van der Waals surface area contributed by atoms with Gasteiger partial charge in [-0.15, -0.1) is 0 Å². The van der Waals surface area contributed by atoms with Crippen molar-refractivity contribution in [3.63, 3.8) is 0 Å². The van der Waals surface area contributed by atoms with E-state index in [1.54, 1.807) is 12.1 Å². The quantitative estimate of drug-likeness (QED) is 0.183. The molecule has 10 heteroatoms. The van der Waals surface area contributed by atoms with E-state index in [1.807, 2.05) is 30.0 Å². The van der Waals surface area contributed by atoms with E-state index in [0.717, 1.165) is 51.6 Å². The number of nitrogens with zero attached hydrogens (tertiary/aromatic N) is 3. The number of rotatable bonds is 15. The van der Waals surface area contributed by atoms with Crippen LogP contribution < -0.4 is 10.6 Å². The fraction of sp³-hybridized carbons (Fsp3) is 0.516. The minimum Gasteiger partial charge on any atom is -0.381 e. The maximum absolute atomic E-state index is 13.7. The summed E-state index contributed by atoms with van der Waals surface area (Å²) in [4.78, 5) is 24.0. The number of pyridine rings is 1. The highest BCUT2D eigenvalue weighted by atomic mass is 19.3. The zero-order valence-electron chi connectivity index (χ0n) is 24.3. The number of aliphatic imine (C=N–C) groups is 1. The third-order valence-electron chi connectivity index (χ3n) is 7.28. The van der Waals surface area contributed by atoms with E-state index in [2.05, 4.69) is 22.2 Å². The van der Waals surface area contributed by atoms with Crippen molar-refractivity contribution in [2.45, 2.75) is 64.5 Å². The van der Waals surface area contributed by atoms with Crippen LogP contribution in [0.2, 0.25) is 0 Å². The van der Waals surface area contributed by atoms with Gasteiger partial charge >= 0.3 is 0 Å². The second-order valence-electron chi connectivity index (χ2n) is 10.3. The topological polar surface area (TPSA) is 78.8 Å². The van der Waals surface area contributed by atoms with Gasteiger partial charge in [0.1, 0.15) is 12.5 Å². The lowest BCUT2D eigenvalue weighted by Gasteiger charge is -2.32. The first-order valence-electron chi connectivity index (χ1n) is 14.2. The molecule has 0 spiro atoms. The molecule has 1 amide bonds. The molecule has 2 heterocycles. The molecule has 1 atom stereocenters. The Labute approximate surface area is 243 Å². The van der Waals surface area contributed by atoms with E-state index >= 15 is 0 Å². The fourth-order valence-electron chi connectivity index (χ4n) is 4.68. The standard InChI is InChI=1S/C31H42F3N5O2.2H2/c1-5-7-16-39(17-15-32)28(23(6-2)20-35-22(3)31(4,33)34)21-36-30(40)26-9-8-10-27-25(26)11-12-29(38-27)37-24-13-18-41-19-14-24;;/h6,8-12,20,24,28H,2,5,7,13-19,21H2,1,3-4H3,(H,36,40)(H,37,38);2*1H/b23-20+,35-22?;;. The summed E-state index contributed by atoms with van der Waals surface area (Å²) in [5, 5.41) is 7.13. The zero-order valence-corrected chi connectivity index (χ0v) is 24.3. The lowest BCUT2D eigenvalue weighted by atomic mass is 10.0. The molecule has 41 heavy (non-hydrogen) atoms. The average molecular weight is 578 g/mol. The highest BCUT2D eigenvalue weighted by Gasteiger charge is 2.26. The van der Waals surface area contributed by atoms with Crippen molar-refractivity contribution in [3.05, 3.63) is 60.3 Å². The molecule has 1 saturated heterocycles. The number of fused-ring (bicyclic) bond motifs is 1. The number of halogens is 3. The summed E-state index contributed by atoms with van der Waals surface area (Å²) in [6.07, 6.45) is 6.38. The predicted molar refractivity (Wildman–Crippen MR) is 164 cm³/mol. The molecular formula is C31H46F3N5O2. The van der Waals surface area contributed by atoms with Crippen LogP contribution in [0.1, 0.15) is 59.7 Å². The molecular weight excluding hydrogens is 531 g/mol. The molecule has 0 bridgehead atoms. The monoisotopic (exact) mass is 577 g/mol. The van der Waals surface area contributed by atoms with Gasteiger partial charge in [0, 0.05) is 59.3 Å². The fourth-order valence-corrected chi connectivity index (χ4v) is 4.68. The van der Waals surface area contributed by atoms with E-state index in [4.69, 9.17) is 9.72 Å². The van der Waals surface area contributed by atoms with E-state index in [-0.39, 0.29) is 27.6 Å². The number of hydrogen-bond acceptors (Lipinski definition) is 6. The molecule has 0 radical (unpaired) electrons. The number of carbonyl (C=O) groups excluding carboxylic acids is 1. The van der Waals surface area contributed by atoms with Crippen LogP contribution in [0.3, 0.4) is 0 Å². The average Bonchev–Trinajstić information content (AvgIpc) is 2.96. The Hall–Kier alpha value is -3.24. The van der Waals surface area contributed by atoms with Gasteiger partial charge in [-0.25, -0.2) is 18.2 Å². The van der Waals surface area contributed by atoms with Gasteiger partial charge in [0.15, 0.2) is 0 Å². The normalized spacial score (nSPS) is 16.2. The summed E-state index contributed by atoms with van der Waals surface area (Å²) in [5.41, 5.74) is 1.31. The van der Waals surface area contributed by atoms with Crippen LogP contribution in [0.4, 0.5) is 19.0 Å². The molecule has 7 nitrogen and oxygen atoms in total. The van der Waals surface area contributed by atoms with Gasteiger partial charge < -0.3 is 15.4 Å². The molecule has 3 rings (SSSR count). The number of amides is 1. The first-order chi connectivity index (χ1) is 19.7. The number of carbonyl (C=O) groups is 1. The Morgan fingerprint density at radius 2 is 2.05 bits per heavy atom. The molecule has 1 aromatic carbocycles. The van der Waals surface area contributed by atoms with Crippen molar-refractivity contribution in [3.8, 4) is 0 Å². The van der Waals surface area contributed by atoms with Gasteiger partial charge in [-0.1, -0.05) is 32.1 Å². The molecule has 2 aromatic rings. The number of hydrogen-bond donors (Lipinski definition) is 2. The number of nitrogens with one attached hydrogen (secondary N) is 2. The molecule has 1 aromatic heterocycles. The molecule has 2 N–H and O–H groups in total. The summed E-state index contributed by atoms with van der Waals surface area (Å²) >= 11 is 0. The first-order valence-corrected chi connectivity index (χ1v) is 14.2. The Bertz CT molecular complexity index is 1230. The van der Waals surface area contributed by atoms with Gasteiger partial charge in [0.2, 0.25) is 0 Å². The Balaban J connectivity index is 0.00000462. The zero-order chi connectivity index (χ0) is 29.8. The van der Waals surface area contributed by atoms with E-state index < -0.39 is 18.6 Å². The van der Waals surface area contributed by atoms with Crippen LogP contribution in [0, 0.1) is 0 Å². The van der Waals surface area contributed by atoms with Crippen molar-refractivity contribution in [1.82, 2.24) is 15.2 Å². The summed E-state index contributed by atoms with van der Waals surface area (Å²) in [6.45, 7) is 9.57. The molecule has 0 saturated carbocycles. The van der Waals surface area contributed by atoms with Crippen LogP contribution in [0.5, 0.6) is 0 Å². The maximum atomic E-state index is 13.7. The van der Waals surface area contributed by atoms with Gasteiger partial charge in [0.05, 0.1) is 17.3 Å². The Kier molecular flexibility index (Phi) is 12.3. The second kappa shape index (κ2) is 15.7. The summed E-state index contributed by atoms with van der Waals surface area (Å²) < 4.78 is 46.4. The number of ether oxygens (including phenoxy) is 1. The smallest absolute Gasteiger partial charge is 0.282 e. The summed E-state index contributed by atoms with van der Waals surface area (Å²) in [7, 11) is 0. The highest BCUT2D eigenvalue weighted by Crippen LogP contribution is 2.22. The SMILES string of the molecule is C=C/C(=C\N=C(C)C(C)(F)F)C(CNC(=O)c1cccc2nc(NC3CCOCC3)ccc12)N(CCF)CCCC.[HH].[HH]. The van der Waals surface area contributed by atoms with Crippen LogP contribution in [0.25, 0.3) is 10.9 Å². The van der Waals surface area contributed by atoms with Gasteiger partial charge in [0.25, 0.3) is 11.8 Å². The van der Waals surface area contributed by atoms with Gasteiger partial charge in [-0.2, -0.15) is 0 Å². The third-order valence-corrected chi connectivity index (χ3v) is 7.28. The van der Waals surface area contributed by atoms with E-state index in [9.17, 15) is 18.0 Å². The Morgan fingerprint density at radius 3 is 2.71 bits per heavy atom. The summed E-state index contributed by atoms with van der Waals surface area (Å²) in [5.74, 6) is -2.64. The molecule has 1 aliphatic heterocycles. The van der Waals surface area contributed by atoms with Gasteiger partial charge in [-0.05, 0) is 62.6 Å². The maximum Gasteiger partial charge on any atom is 0.282 e. The van der Waals surface area contributed by atoms with Crippen molar-refractivity contribution < 1.29 is 25.6 Å². The minimum atomic E-state index is -3.07. The number of aromatic nitrogens is 1. The van der Waals surface area contributed by atoms with Crippen LogP contribution in [-0.2, 0) is 4.74 Å². The van der Waals surface area contributed by atoms with E-state index in [0.29, 0.717) is 34.6 Å². The third kappa shape index (κ3) is 9.39. The lowest BCUT2D eigenvalue weighted by molar-refractivity contribution is 0.0903. The summed E-state index contributed by atoms with van der Waals surface area (Å²) in [6, 6.07) is 8.91. The second-order valence-corrected chi connectivity index (χ2v) is 10.3. The molecule has 1 fully saturated rings. The van der Waals surface area contributed by atoms with Crippen molar-refractivity contribution in [2.75, 3.05) is 44.8 Å². The number of anilines is 1. The van der Waals surface area contributed by atoms with Crippen LogP contribution >= 0.6 is 0 Å². The van der Waals surface area contributed by atoms with Crippen molar-refractivity contribution in [1.29, 1.82) is 0 Å². The van der Waals surface area contributed by atoms with Crippen molar-refractivity contribution in [2.24, 2.45) is 4.99 Å². The highest BCUT2D eigenvalue weighted by molar-refractivity contribution is 6.06. The van der Waals surface area contributed by atoms with E-state index in [1.165, 1.54) is 19.2 Å². The first kappa shape index (κ1) is 32.3. The molecule has 0 aliphatic carbocycles. The van der Waals surface area contributed by atoms with Gasteiger partial charge in [-0.3, -0.25) is 14.7 Å². The number of alkyl halides is 3. The Morgan fingerprint density at radius 1 is 1.29 bits per heavy atom. The molecule has 1 aliphatic rings. The predicted octanol–water partition coefficient (Wildman–Crippen LogP) is 6.67.